The van der Waals surface area contributed by atoms with Crippen molar-refractivity contribution in [2.24, 2.45) is 0 Å². The molecule has 42 heavy (non-hydrogen) atoms. The van der Waals surface area contributed by atoms with Crippen molar-refractivity contribution in [2.45, 2.75) is 29.6 Å². The molecule has 2 fully saturated rings. The predicted molar refractivity (Wildman–Crippen MR) is 146 cm³/mol. The zero-order chi connectivity index (χ0) is 29.8. The molecule has 2 aromatic heterocycles. The van der Waals surface area contributed by atoms with Gasteiger partial charge in [0.1, 0.15) is 17.2 Å². The van der Waals surface area contributed by atoms with Gasteiger partial charge in [0.25, 0.3) is 21.9 Å². The topological polar surface area (TPSA) is 161 Å². The number of carbonyl (C=O) groups is 1. The van der Waals surface area contributed by atoms with E-state index in [2.05, 4.69) is 25.4 Å². The molecule has 0 unspecified atom stereocenters. The maximum atomic E-state index is 13.6. The van der Waals surface area contributed by atoms with E-state index in [1.807, 2.05) is 6.07 Å². The first kappa shape index (κ1) is 27.6. The first-order valence-corrected chi connectivity index (χ1v) is 14.3. The third-order valence-corrected chi connectivity index (χ3v) is 8.41. The van der Waals surface area contributed by atoms with Gasteiger partial charge in [-0.3, -0.25) is 14.6 Å². The highest BCUT2D eigenvalue weighted by molar-refractivity contribution is 7.93. The summed E-state index contributed by atoms with van der Waals surface area (Å²) in [5.41, 5.74) is 1.74. The summed E-state index contributed by atoms with van der Waals surface area (Å²) >= 11 is 0. The number of methoxy groups -OCH3 is 3. The van der Waals surface area contributed by atoms with Crippen molar-refractivity contribution in [3.8, 4) is 17.2 Å². The van der Waals surface area contributed by atoms with Gasteiger partial charge < -0.3 is 29.0 Å². The van der Waals surface area contributed by atoms with Crippen molar-refractivity contribution in [2.75, 3.05) is 44.5 Å². The third-order valence-electron chi connectivity index (χ3n) is 7.01. The molecule has 1 aliphatic heterocycles. The van der Waals surface area contributed by atoms with E-state index in [0.29, 0.717) is 28.6 Å². The number of fused-ring (bicyclic) bond motifs is 1. The van der Waals surface area contributed by atoms with Crippen LogP contribution in [0.4, 0.5) is 26.1 Å². The number of H-pyrrole nitrogens is 1. The largest absolute Gasteiger partial charge is 0.495 e. The number of hydrogen-bond donors (Lipinski definition) is 3. The van der Waals surface area contributed by atoms with Gasteiger partial charge >= 0.3 is 0 Å². The zero-order valence-electron chi connectivity index (χ0n) is 22.7. The summed E-state index contributed by atoms with van der Waals surface area (Å²) in [6, 6.07) is 7.38. The molecule has 1 aliphatic carbocycles. The fraction of sp³-hybridized carbons (Fsp3) is 0.346. The lowest BCUT2D eigenvalue weighted by molar-refractivity contribution is -0.113. The number of nitrogens with zero attached hydrogens (tertiary/aromatic N) is 3. The molecule has 222 valence electrons. The van der Waals surface area contributed by atoms with Gasteiger partial charge in [0.05, 0.1) is 45.5 Å². The van der Waals surface area contributed by atoms with Gasteiger partial charge in [0.2, 0.25) is 0 Å². The smallest absolute Gasteiger partial charge is 0.282 e. The summed E-state index contributed by atoms with van der Waals surface area (Å²) < 4.78 is 77.6. The molecule has 0 atom stereocenters. The van der Waals surface area contributed by atoms with Crippen LogP contribution in [0.25, 0.3) is 11.0 Å². The van der Waals surface area contributed by atoms with Crippen LogP contribution < -0.4 is 24.2 Å². The Kier molecular flexibility index (Phi) is 6.59. The highest BCUT2D eigenvalue weighted by Crippen LogP contribution is 2.42. The SMILES string of the molecule is COc1cc2c(NS(=O)(=O)c3c(OC)cc(C(=O)N4CC(F)(F)C4)cc3OC)noc2cc1Nc1cc(C2CC2)[nH]n1. The Morgan fingerprint density at radius 1 is 1.05 bits per heavy atom. The van der Waals surface area contributed by atoms with Crippen molar-refractivity contribution in [1.82, 2.24) is 20.3 Å². The van der Waals surface area contributed by atoms with Gasteiger partial charge in [-0.15, -0.1) is 0 Å². The number of hydrogen-bond acceptors (Lipinski definition) is 10. The molecule has 3 heterocycles. The second-order valence-corrected chi connectivity index (χ2v) is 11.6. The number of halogens is 2. The Morgan fingerprint density at radius 3 is 2.31 bits per heavy atom. The van der Waals surface area contributed by atoms with E-state index in [4.69, 9.17) is 18.7 Å². The summed E-state index contributed by atoms with van der Waals surface area (Å²) in [6.45, 7) is -1.47. The number of ether oxygens (including phenoxy) is 3. The van der Waals surface area contributed by atoms with Gasteiger partial charge in [-0.2, -0.15) is 5.10 Å². The Bertz CT molecular complexity index is 1770. The molecule has 1 saturated heterocycles. The monoisotopic (exact) mass is 604 g/mol. The van der Waals surface area contributed by atoms with Crippen molar-refractivity contribution in [3.05, 3.63) is 41.6 Å². The minimum absolute atomic E-state index is 0.0732. The van der Waals surface area contributed by atoms with E-state index in [1.54, 1.807) is 12.1 Å². The Balaban J connectivity index is 1.30. The van der Waals surface area contributed by atoms with E-state index < -0.39 is 39.8 Å². The number of carbonyl (C=O) groups excluding carboxylic acids is 1. The number of benzene rings is 2. The summed E-state index contributed by atoms with van der Waals surface area (Å²) in [7, 11) is -0.575. The quantitative estimate of drug-likeness (QED) is 0.240. The normalized spacial score (nSPS) is 16.2. The molecule has 16 heteroatoms. The number of alkyl halides is 2. The third kappa shape index (κ3) is 5.01. The minimum Gasteiger partial charge on any atom is -0.495 e. The molecule has 0 radical (unpaired) electrons. The zero-order valence-corrected chi connectivity index (χ0v) is 23.5. The number of aromatic amines is 1. The lowest BCUT2D eigenvalue weighted by Gasteiger charge is -2.38. The second-order valence-electron chi connectivity index (χ2n) is 10.0. The average Bonchev–Trinajstić information content (AvgIpc) is 3.59. The van der Waals surface area contributed by atoms with E-state index in [9.17, 15) is 22.0 Å². The molecule has 13 nitrogen and oxygen atoms in total. The van der Waals surface area contributed by atoms with Crippen LogP contribution in [-0.4, -0.2) is 74.9 Å². The van der Waals surface area contributed by atoms with Crippen LogP contribution in [0.5, 0.6) is 17.2 Å². The predicted octanol–water partition coefficient (Wildman–Crippen LogP) is 4.09. The number of sulfonamides is 1. The highest BCUT2D eigenvalue weighted by atomic mass is 32.2. The van der Waals surface area contributed by atoms with E-state index in [-0.39, 0.29) is 28.5 Å². The van der Waals surface area contributed by atoms with Crippen molar-refractivity contribution in [1.29, 1.82) is 0 Å². The van der Waals surface area contributed by atoms with E-state index in [1.165, 1.54) is 21.3 Å². The molecule has 1 amide bonds. The fourth-order valence-corrected chi connectivity index (χ4v) is 6.05. The molecule has 3 N–H and O–H groups in total. The molecule has 1 saturated carbocycles. The second kappa shape index (κ2) is 10.0. The van der Waals surface area contributed by atoms with Crippen molar-refractivity contribution < 1.29 is 40.7 Å². The standard InChI is InChI=1S/C26H26F2N6O7S/c1-38-19-8-15-18(9-17(19)29-22-10-16(30-31-22)13-4-5-13)41-32-24(15)33-42(36,37)23-20(39-2)6-14(7-21(23)40-3)25(35)34-11-26(27,28)12-34/h6-10,13H,4-5,11-12H2,1-3H3,(H,32,33)(H2,29,30,31). The molecular formula is C26H26F2N6O7S. The molecule has 0 bridgehead atoms. The van der Waals surface area contributed by atoms with Crippen LogP contribution in [0.3, 0.4) is 0 Å². The molecule has 4 aromatic rings. The van der Waals surface area contributed by atoms with Crippen LogP contribution in [0, 0.1) is 0 Å². The first-order valence-electron chi connectivity index (χ1n) is 12.8. The molecule has 2 aliphatic rings. The summed E-state index contributed by atoms with van der Waals surface area (Å²) in [4.78, 5) is 13.2. The number of anilines is 3. The molecule has 0 spiro atoms. The number of likely N-dealkylation sites (tertiary alicyclic amines) is 1. The van der Waals surface area contributed by atoms with E-state index >= 15 is 0 Å². The van der Waals surface area contributed by atoms with Crippen LogP contribution in [0.15, 0.2) is 39.8 Å². The maximum absolute atomic E-state index is 13.6. The van der Waals surface area contributed by atoms with Crippen LogP contribution in [0.2, 0.25) is 0 Å². The van der Waals surface area contributed by atoms with Crippen LogP contribution >= 0.6 is 0 Å². The van der Waals surface area contributed by atoms with Gasteiger partial charge in [-0.1, -0.05) is 5.16 Å². The number of nitrogens with one attached hydrogen (secondary N) is 3. The van der Waals surface area contributed by atoms with Gasteiger partial charge in [-0.25, -0.2) is 17.2 Å². The number of rotatable bonds is 10. The summed E-state index contributed by atoms with van der Waals surface area (Å²) in [5, 5.41) is 14.6. The summed E-state index contributed by atoms with van der Waals surface area (Å²) in [5.74, 6) is -2.85. The molecular weight excluding hydrogens is 578 g/mol. The van der Waals surface area contributed by atoms with Gasteiger partial charge in [-0.05, 0) is 31.0 Å². The lowest BCUT2D eigenvalue weighted by atomic mass is 10.1. The highest BCUT2D eigenvalue weighted by Gasteiger charge is 2.46. The first-order chi connectivity index (χ1) is 20.0. The number of amides is 1. The van der Waals surface area contributed by atoms with Crippen molar-refractivity contribution >= 4 is 44.2 Å². The van der Waals surface area contributed by atoms with Crippen LogP contribution in [0.1, 0.15) is 34.8 Å². The Labute approximate surface area is 238 Å². The summed E-state index contributed by atoms with van der Waals surface area (Å²) in [6.07, 6.45) is 2.24. The maximum Gasteiger partial charge on any atom is 0.282 e. The van der Waals surface area contributed by atoms with E-state index in [0.717, 1.165) is 35.6 Å². The van der Waals surface area contributed by atoms with Crippen molar-refractivity contribution in [3.63, 3.8) is 0 Å². The van der Waals surface area contributed by atoms with Gasteiger partial charge in [0.15, 0.2) is 22.1 Å². The molecule has 6 rings (SSSR count). The van der Waals surface area contributed by atoms with Gasteiger partial charge in [0, 0.05) is 29.3 Å². The fourth-order valence-electron chi connectivity index (χ4n) is 4.73. The Morgan fingerprint density at radius 2 is 1.71 bits per heavy atom. The average molecular weight is 605 g/mol. The van der Waals surface area contributed by atoms with Crippen LogP contribution in [-0.2, 0) is 10.0 Å². The molecule has 2 aromatic carbocycles. The minimum atomic E-state index is -4.45. The number of aromatic nitrogens is 3. The lowest BCUT2D eigenvalue weighted by Crippen LogP contribution is -2.58. The Hall–Kier alpha value is -4.60.